The van der Waals surface area contributed by atoms with Crippen molar-refractivity contribution in [3.05, 3.63) is 39.4 Å². The van der Waals surface area contributed by atoms with Crippen LogP contribution in [0.2, 0.25) is 10.0 Å². The zero-order chi connectivity index (χ0) is 14.5. The molecular weight excluding hydrogens is 299 g/mol. The Kier molecular flexibility index (Phi) is 5.02. The molecule has 0 aliphatic carbocycles. The van der Waals surface area contributed by atoms with Gasteiger partial charge in [-0.05, 0) is 23.8 Å². The highest BCUT2D eigenvalue weighted by Gasteiger charge is 2.20. The van der Waals surface area contributed by atoms with Gasteiger partial charge in [0.1, 0.15) is 11.6 Å². The van der Waals surface area contributed by atoms with Crippen LogP contribution in [0.1, 0.15) is 5.56 Å². The highest BCUT2D eigenvalue weighted by Crippen LogP contribution is 2.23. The molecule has 0 radical (unpaired) electrons. The van der Waals surface area contributed by atoms with Gasteiger partial charge >= 0.3 is 0 Å². The Hall–Kier alpha value is -1.54. The molecule has 0 N–H and O–H groups in total. The van der Waals surface area contributed by atoms with Crippen LogP contribution in [0.15, 0.2) is 23.8 Å². The van der Waals surface area contributed by atoms with Crippen LogP contribution in [-0.4, -0.2) is 37.1 Å². The Morgan fingerprint density at radius 2 is 2.05 bits per heavy atom. The highest BCUT2D eigenvalue weighted by molar-refractivity contribution is 6.35. The lowest BCUT2D eigenvalue weighted by atomic mass is 10.1. The normalized spacial score (nSPS) is 15.8. The summed E-state index contributed by atoms with van der Waals surface area (Å²) >= 11 is 11.9. The summed E-state index contributed by atoms with van der Waals surface area (Å²) < 4.78 is 5.18. The molecule has 1 aromatic rings. The van der Waals surface area contributed by atoms with Crippen molar-refractivity contribution in [1.29, 1.82) is 5.26 Å². The summed E-state index contributed by atoms with van der Waals surface area (Å²) in [5, 5.41) is 10.1. The van der Waals surface area contributed by atoms with Crippen molar-refractivity contribution in [2.75, 3.05) is 26.3 Å². The molecule has 0 unspecified atom stereocenters. The summed E-state index contributed by atoms with van der Waals surface area (Å²) in [6, 6.07) is 6.83. The molecule has 1 fully saturated rings. The summed E-state index contributed by atoms with van der Waals surface area (Å²) in [6.45, 7) is 1.97. The van der Waals surface area contributed by atoms with Crippen LogP contribution in [0.4, 0.5) is 0 Å². The minimum absolute atomic E-state index is 0.0520. The minimum Gasteiger partial charge on any atom is -0.378 e. The predicted molar refractivity (Wildman–Crippen MR) is 77.5 cm³/mol. The molecule has 1 amide bonds. The van der Waals surface area contributed by atoms with Crippen LogP contribution < -0.4 is 0 Å². The molecule has 1 aromatic carbocycles. The number of halogens is 2. The number of rotatable bonds is 2. The molecule has 0 atom stereocenters. The molecule has 1 saturated heterocycles. The average Bonchev–Trinajstić information content (AvgIpc) is 2.47. The van der Waals surface area contributed by atoms with Crippen molar-refractivity contribution < 1.29 is 9.53 Å². The van der Waals surface area contributed by atoms with Gasteiger partial charge in [-0.25, -0.2) is 0 Å². The maximum atomic E-state index is 12.2. The molecule has 1 heterocycles. The van der Waals surface area contributed by atoms with Gasteiger partial charge in [0.2, 0.25) is 0 Å². The molecule has 1 aliphatic rings. The number of morpholine rings is 1. The quantitative estimate of drug-likeness (QED) is 0.623. The maximum Gasteiger partial charge on any atom is 0.264 e. The zero-order valence-electron chi connectivity index (χ0n) is 10.6. The van der Waals surface area contributed by atoms with Crippen molar-refractivity contribution in [2.45, 2.75) is 0 Å². The highest BCUT2D eigenvalue weighted by atomic mass is 35.5. The van der Waals surface area contributed by atoms with E-state index in [-0.39, 0.29) is 11.5 Å². The summed E-state index contributed by atoms with van der Waals surface area (Å²) in [5.74, 6) is -0.304. The number of amides is 1. The van der Waals surface area contributed by atoms with E-state index < -0.39 is 0 Å². The lowest BCUT2D eigenvalue weighted by molar-refractivity contribution is -0.130. The van der Waals surface area contributed by atoms with Gasteiger partial charge in [0.05, 0.1) is 13.2 Å². The Morgan fingerprint density at radius 1 is 1.35 bits per heavy atom. The Labute approximate surface area is 127 Å². The van der Waals surface area contributed by atoms with Crippen LogP contribution in [-0.2, 0) is 9.53 Å². The van der Waals surface area contributed by atoms with Gasteiger partial charge in [-0.1, -0.05) is 29.3 Å². The molecule has 0 spiro atoms. The Balaban J connectivity index is 2.24. The van der Waals surface area contributed by atoms with Crippen LogP contribution in [0.25, 0.3) is 6.08 Å². The Morgan fingerprint density at radius 3 is 2.65 bits per heavy atom. The molecule has 2 rings (SSSR count). The van der Waals surface area contributed by atoms with E-state index in [1.165, 1.54) is 6.08 Å². The zero-order valence-corrected chi connectivity index (χ0v) is 12.1. The van der Waals surface area contributed by atoms with Crippen LogP contribution in [0, 0.1) is 11.3 Å². The molecule has 0 saturated carbocycles. The SMILES string of the molecule is N#C/C(=C\c1ccc(Cl)cc1Cl)C(=O)N1CCOCC1. The van der Waals surface area contributed by atoms with E-state index in [4.69, 9.17) is 33.2 Å². The van der Waals surface area contributed by atoms with E-state index in [1.54, 1.807) is 23.1 Å². The number of nitriles is 1. The first kappa shape index (κ1) is 14.9. The molecular formula is C14H12Cl2N2O2. The van der Waals surface area contributed by atoms with E-state index >= 15 is 0 Å². The van der Waals surface area contributed by atoms with Gasteiger partial charge in [0.15, 0.2) is 0 Å². The fourth-order valence-corrected chi connectivity index (χ4v) is 2.32. The van der Waals surface area contributed by atoms with E-state index in [2.05, 4.69) is 0 Å². The number of nitrogens with zero attached hydrogens (tertiary/aromatic N) is 2. The van der Waals surface area contributed by atoms with Crippen molar-refractivity contribution in [3.8, 4) is 6.07 Å². The first-order valence-electron chi connectivity index (χ1n) is 6.05. The molecule has 0 bridgehead atoms. The van der Waals surface area contributed by atoms with Gasteiger partial charge in [0.25, 0.3) is 5.91 Å². The standard InChI is InChI=1S/C14H12Cl2N2O2/c15-12-2-1-10(13(16)8-12)7-11(9-17)14(19)18-3-5-20-6-4-18/h1-2,7-8H,3-6H2/b11-7+. The van der Waals surface area contributed by atoms with Crippen molar-refractivity contribution in [2.24, 2.45) is 0 Å². The second kappa shape index (κ2) is 6.76. The lowest BCUT2D eigenvalue weighted by Gasteiger charge is -2.26. The maximum absolute atomic E-state index is 12.2. The third-order valence-electron chi connectivity index (χ3n) is 2.91. The van der Waals surface area contributed by atoms with Gasteiger partial charge in [0, 0.05) is 23.1 Å². The first-order valence-corrected chi connectivity index (χ1v) is 6.81. The molecule has 20 heavy (non-hydrogen) atoms. The average molecular weight is 311 g/mol. The fourth-order valence-electron chi connectivity index (χ4n) is 1.85. The summed E-state index contributed by atoms with van der Waals surface area (Å²) in [7, 11) is 0. The Bertz CT molecular complexity index is 587. The fraction of sp³-hybridized carbons (Fsp3) is 0.286. The van der Waals surface area contributed by atoms with Crippen LogP contribution >= 0.6 is 23.2 Å². The number of benzene rings is 1. The van der Waals surface area contributed by atoms with Gasteiger partial charge in [-0.2, -0.15) is 5.26 Å². The van der Waals surface area contributed by atoms with Crippen molar-refractivity contribution >= 4 is 35.2 Å². The van der Waals surface area contributed by atoms with E-state index in [0.717, 1.165) is 0 Å². The van der Waals surface area contributed by atoms with Gasteiger partial charge in [-0.15, -0.1) is 0 Å². The summed E-state index contributed by atoms with van der Waals surface area (Å²) in [6.07, 6.45) is 1.48. The van der Waals surface area contributed by atoms with Crippen molar-refractivity contribution in [1.82, 2.24) is 4.90 Å². The first-order chi connectivity index (χ1) is 9.61. The number of carbonyl (C=O) groups is 1. The largest absolute Gasteiger partial charge is 0.378 e. The van der Waals surface area contributed by atoms with E-state index in [0.29, 0.717) is 41.9 Å². The number of ether oxygens (including phenoxy) is 1. The molecule has 0 aromatic heterocycles. The second-order valence-electron chi connectivity index (χ2n) is 4.24. The predicted octanol–water partition coefficient (Wildman–Crippen LogP) is 2.76. The molecule has 1 aliphatic heterocycles. The van der Waals surface area contributed by atoms with E-state index in [1.807, 2.05) is 6.07 Å². The summed E-state index contributed by atoms with van der Waals surface area (Å²) in [5.41, 5.74) is 0.644. The monoisotopic (exact) mass is 310 g/mol. The number of carbonyl (C=O) groups excluding carboxylic acids is 1. The number of hydrogen-bond acceptors (Lipinski definition) is 3. The lowest BCUT2D eigenvalue weighted by Crippen LogP contribution is -2.41. The molecule has 104 valence electrons. The smallest absolute Gasteiger partial charge is 0.264 e. The third kappa shape index (κ3) is 3.51. The second-order valence-corrected chi connectivity index (χ2v) is 5.08. The summed E-state index contributed by atoms with van der Waals surface area (Å²) in [4.78, 5) is 13.8. The van der Waals surface area contributed by atoms with Crippen LogP contribution in [0.5, 0.6) is 0 Å². The van der Waals surface area contributed by atoms with Crippen molar-refractivity contribution in [3.63, 3.8) is 0 Å². The minimum atomic E-state index is -0.304. The van der Waals surface area contributed by atoms with E-state index in [9.17, 15) is 4.79 Å². The number of hydrogen-bond donors (Lipinski definition) is 0. The van der Waals surface area contributed by atoms with Gasteiger partial charge in [-0.3, -0.25) is 4.79 Å². The topological polar surface area (TPSA) is 53.3 Å². The molecule has 6 heteroatoms. The molecule has 4 nitrogen and oxygen atoms in total. The third-order valence-corrected chi connectivity index (χ3v) is 3.47. The van der Waals surface area contributed by atoms with Gasteiger partial charge < -0.3 is 9.64 Å². The van der Waals surface area contributed by atoms with Crippen LogP contribution in [0.3, 0.4) is 0 Å².